The topological polar surface area (TPSA) is 30.5 Å². The third-order valence-corrected chi connectivity index (χ3v) is 2.91. The fraction of sp³-hybridized carbons (Fsp3) is 0.429. The number of ether oxygens (including phenoxy) is 2. The molecule has 0 amide bonds. The minimum Gasteiger partial charge on any atom is -0.493 e. The van der Waals surface area contributed by atoms with Gasteiger partial charge in [-0.3, -0.25) is 0 Å². The number of hydrogen-bond acceptors (Lipinski definition) is 3. The number of rotatable bonds is 6. The number of alkyl halides is 2. The minimum absolute atomic E-state index is 0.0381. The lowest BCUT2D eigenvalue weighted by Gasteiger charge is -2.13. The van der Waals surface area contributed by atoms with E-state index in [2.05, 4.69) is 10.1 Å². The van der Waals surface area contributed by atoms with Gasteiger partial charge in [0, 0.05) is 6.04 Å². The molecule has 0 heterocycles. The van der Waals surface area contributed by atoms with E-state index in [1.165, 1.54) is 13.2 Å². The number of methoxy groups -OCH3 is 1. The summed E-state index contributed by atoms with van der Waals surface area (Å²) in [6.45, 7) is 1.12. The smallest absolute Gasteiger partial charge is 0.387 e. The van der Waals surface area contributed by atoms with Gasteiger partial charge >= 0.3 is 6.61 Å². The van der Waals surface area contributed by atoms with Crippen molar-refractivity contribution < 1.29 is 18.3 Å². The van der Waals surface area contributed by atoms with Gasteiger partial charge in [0.05, 0.1) is 7.11 Å². The van der Waals surface area contributed by atoms with Crippen molar-refractivity contribution in [1.82, 2.24) is 5.32 Å². The van der Waals surface area contributed by atoms with Gasteiger partial charge in [-0.05, 0) is 38.6 Å². The molecule has 0 bridgehead atoms. The van der Waals surface area contributed by atoms with E-state index >= 15 is 0 Å². The molecule has 0 aliphatic heterocycles. The Balaban J connectivity index is 3.04. The fourth-order valence-corrected chi connectivity index (χ4v) is 1.59. The van der Waals surface area contributed by atoms with E-state index in [1.54, 1.807) is 12.1 Å². The van der Waals surface area contributed by atoms with E-state index in [1.807, 2.05) is 27.0 Å². The van der Waals surface area contributed by atoms with Gasteiger partial charge in [-0.1, -0.05) is 17.7 Å². The molecule has 1 rings (SSSR count). The van der Waals surface area contributed by atoms with Crippen molar-refractivity contribution in [2.45, 2.75) is 26.5 Å². The molecule has 0 saturated heterocycles. The van der Waals surface area contributed by atoms with Crippen LogP contribution in [0.5, 0.6) is 11.5 Å². The Kier molecular flexibility index (Phi) is 5.76. The zero-order chi connectivity index (χ0) is 14.4. The summed E-state index contributed by atoms with van der Waals surface area (Å²) in [4.78, 5) is 0. The summed E-state index contributed by atoms with van der Waals surface area (Å²) < 4.78 is 34.0. The molecule has 1 aromatic rings. The van der Waals surface area contributed by atoms with Crippen LogP contribution in [-0.4, -0.2) is 26.8 Å². The highest BCUT2D eigenvalue weighted by atomic mass is 19.3. The number of likely N-dealkylation sites (N-methyl/N-ethyl adjacent to an activating group) is 1. The summed E-state index contributed by atoms with van der Waals surface area (Å²) >= 11 is 0. The Hall–Kier alpha value is -1.62. The summed E-state index contributed by atoms with van der Waals surface area (Å²) in [6, 6.07) is 5.16. The summed E-state index contributed by atoms with van der Waals surface area (Å²) in [5.41, 5.74) is 1.88. The first kappa shape index (κ1) is 15.4. The van der Waals surface area contributed by atoms with Gasteiger partial charge in [0.25, 0.3) is 0 Å². The molecule has 19 heavy (non-hydrogen) atoms. The second-order valence-corrected chi connectivity index (χ2v) is 4.19. The lowest BCUT2D eigenvalue weighted by atomic mass is 10.1. The standard InChI is InChI=1S/C14H19F2NO2/c1-9(10(2)17-3)7-11-5-6-12(18-4)13(8-11)19-14(15)16/h5-8,10,14,17H,1-4H3/b9-7+. The van der Waals surface area contributed by atoms with Crippen LogP contribution in [0.3, 0.4) is 0 Å². The summed E-state index contributed by atoms with van der Waals surface area (Å²) in [7, 11) is 3.28. The average molecular weight is 271 g/mol. The SMILES string of the molecule is CNC(C)/C(C)=C/c1ccc(OC)c(OC(F)F)c1. The van der Waals surface area contributed by atoms with Crippen LogP contribution < -0.4 is 14.8 Å². The lowest BCUT2D eigenvalue weighted by Crippen LogP contribution is -2.21. The van der Waals surface area contributed by atoms with Crippen molar-refractivity contribution in [3.8, 4) is 11.5 Å². The Morgan fingerprint density at radius 1 is 1.32 bits per heavy atom. The van der Waals surface area contributed by atoms with Crippen molar-refractivity contribution >= 4 is 6.08 Å². The lowest BCUT2D eigenvalue weighted by molar-refractivity contribution is -0.0512. The highest BCUT2D eigenvalue weighted by molar-refractivity contribution is 5.58. The van der Waals surface area contributed by atoms with E-state index in [0.717, 1.165) is 11.1 Å². The van der Waals surface area contributed by atoms with E-state index in [4.69, 9.17) is 4.74 Å². The van der Waals surface area contributed by atoms with Crippen molar-refractivity contribution in [2.75, 3.05) is 14.2 Å². The van der Waals surface area contributed by atoms with Crippen LogP contribution in [0.4, 0.5) is 8.78 Å². The van der Waals surface area contributed by atoms with Gasteiger partial charge in [0.2, 0.25) is 0 Å². The van der Waals surface area contributed by atoms with E-state index in [9.17, 15) is 8.78 Å². The molecule has 0 saturated carbocycles. The van der Waals surface area contributed by atoms with Crippen LogP contribution in [0.2, 0.25) is 0 Å². The Labute approximate surface area is 112 Å². The Morgan fingerprint density at radius 2 is 2.00 bits per heavy atom. The fourth-order valence-electron chi connectivity index (χ4n) is 1.59. The first-order chi connectivity index (χ1) is 8.97. The largest absolute Gasteiger partial charge is 0.493 e. The molecular weight excluding hydrogens is 252 g/mol. The van der Waals surface area contributed by atoms with E-state index in [0.29, 0.717) is 0 Å². The first-order valence-corrected chi connectivity index (χ1v) is 5.96. The van der Waals surface area contributed by atoms with Gasteiger partial charge < -0.3 is 14.8 Å². The second-order valence-electron chi connectivity index (χ2n) is 4.19. The van der Waals surface area contributed by atoms with Gasteiger partial charge in [0.15, 0.2) is 11.5 Å². The molecular formula is C14H19F2NO2. The molecule has 0 spiro atoms. The molecule has 0 radical (unpaired) electrons. The molecule has 5 heteroatoms. The Bertz CT molecular complexity index is 447. The third-order valence-electron chi connectivity index (χ3n) is 2.91. The summed E-state index contributed by atoms with van der Waals surface area (Å²) in [5.74, 6) is 0.327. The summed E-state index contributed by atoms with van der Waals surface area (Å²) in [6.07, 6.45) is 1.92. The summed E-state index contributed by atoms with van der Waals surface area (Å²) in [5, 5.41) is 3.11. The highest BCUT2D eigenvalue weighted by Crippen LogP contribution is 2.30. The van der Waals surface area contributed by atoms with Crippen molar-refractivity contribution in [2.24, 2.45) is 0 Å². The molecule has 0 aromatic heterocycles. The number of hydrogen-bond donors (Lipinski definition) is 1. The number of nitrogens with one attached hydrogen (secondary N) is 1. The van der Waals surface area contributed by atoms with Crippen molar-refractivity contribution in [3.05, 3.63) is 29.3 Å². The monoisotopic (exact) mass is 271 g/mol. The van der Waals surface area contributed by atoms with E-state index < -0.39 is 6.61 Å². The predicted molar refractivity (Wildman–Crippen MR) is 71.8 cm³/mol. The number of halogens is 2. The zero-order valence-corrected chi connectivity index (χ0v) is 11.5. The molecule has 3 nitrogen and oxygen atoms in total. The predicted octanol–water partition coefficient (Wildman–Crippen LogP) is 3.31. The van der Waals surface area contributed by atoms with Gasteiger partial charge in [-0.2, -0.15) is 8.78 Å². The van der Waals surface area contributed by atoms with Gasteiger partial charge in [0.1, 0.15) is 0 Å². The molecule has 1 unspecified atom stereocenters. The van der Waals surface area contributed by atoms with Crippen molar-refractivity contribution in [1.29, 1.82) is 0 Å². The molecule has 0 fully saturated rings. The molecule has 1 atom stereocenters. The average Bonchev–Trinajstić information content (AvgIpc) is 2.37. The normalized spacial score (nSPS) is 13.5. The van der Waals surface area contributed by atoms with Crippen LogP contribution in [-0.2, 0) is 0 Å². The molecule has 1 aromatic carbocycles. The molecule has 0 aliphatic rings. The highest BCUT2D eigenvalue weighted by Gasteiger charge is 2.11. The first-order valence-electron chi connectivity index (χ1n) is 5.96. The van der Waals surface area contributed by atoms with Crippen LogP contribution >= 0.6 is 0 Å². The van der Waals surface area contributed by atoms with Gasteiger partial charge in [-0.15, -0.1) is 0 Å². The third kappa shape index (κ3) is 4.52. The van der Waals surface area contributed by atoms with E-state index in [-0.39, 0.29) is 17.5 Å². The maximum atomic E-state index is 12.3. The zero-order valence-electron chi connectivity index (χ0n) is 11.5. The van der Waals surface area contributed by atoms with Crippen LogP contribution in [0, 0.1) is 0 Å². The maximum absolute atomic E-state index is 12.3. The minimum atomic E-state index is -2.87. The molecule has 106 valence electrons. The quantitative estimate of drug-likeness (QED) is 0.861. The molecule has 0 aliphatic carbocycles. The van der Waals surface area contributed by atoms with Crippen LogP contribution in [0.1, 0.15) is 19.4 Å². The van der Waals surface area contributed by atoms with Crippen LogP contribution in [0.25, 0.3) is 6.08 Å². The maximum Gasteiger partial charge on any atom is 0.387 e. The van der Waals surface area contributed by atoms with Gasteiger partial charge in [-0.25, -0.2) is 0 Å². The van der Waals surface area contributed by atoms with Crippen molar-refractivity contribution in [3.63, 3.8) is 0 Å². The second kappa shape index (κ2) is 7.09. The van der Waals surface area contributed by atoms with Crippen LogP contribution in [0.15, 0.2) is 23.8 Å². The Morgan fingerprint density at radius 3 is 2.53 bits per heavy atom. The number of benzene rings is 1. The molecule has 1 N–H and O–H groups in total.